The molecule has 2 N–H and O–H groups in total. The number of H-pyrrole nitrogens is 1. The van der Waals surface area contributed by atoms with Crippen molar-refractivity contribution in [3.05, 3.63) is 60.2 Å². The first-order chi connectivity index (χ1) is 9.33. The van der Waals surface area contributed by atoms with Crippen LogP contribution in [0.5, 0.6) is 0 Å². The number of hydrogen-bond donors (Lipinski definition) is 2. The van der Waals surface area contributed by atoms with Gasteiger partial charge < -0.3 is 14.7 Å². The average Bonchev–Trinajstić information content (AvgIpc) is 3.09. The van der Waals surface area contributed by atoms with E-state index >= 15 is 0 Å². The zero-order valence-electron chi connectivity index (χ0n) is 10.3. The molecular formula is C15H14N2O2. The molecule has 19 heavy (non-hydrogen) atoms. The Hall–Kier alpha value is -2.49. The van der Waals surface area contributed by atoms with Crippen LogP contribution >= 0.6 is 0 Å². The van der Waals surface area contributed by atoms with Gasteiger partial charge >= 0.3 is 0 Å². The first-order valence-electron chi connectivity index (χ1n) is 6.21. The molecule has 0 saturated carbocycles. The van der Waals surface area contributed by atoms with E-state index in [4.69, 9.17) is 4.42 Å². The highest BCUT2D eigenvalue weighted by Gasteiger charge is 2.07. The van der Waals surface area contributed by atoms with Crippen LogP contribution in [0.4, 0.5) is 0 Å². The quantitative estimate of drug-likeness (QED) is 0.752. The Morgan fingerprint density at radius 1 is 1.26 bits per heavy atom. The molecule has 96 valence electrons. The van der Waals surface area contributed by atoms with E-state index in [0.717, 1.165) is 11.9 Å². The molecule has 0 aliphatic rings. The summed E-state index contributed by atoms with van der Waals surface area (Å²) in [5.74, 6) is 0.172. The Morgan fingerprint density at radius 2 is 2.21 bits per heavy atom. The van der Waals surface area contributed by atoms with Gasteiger partial charge in [-0.3, -0.25) is 4.79 Å². The minimum Gasteiger partial charge on any atom is -0.459 e. The van der Waals surface area contributed by atoms with Crippen molar-refractivity contribution in [1.82, 2.24) is 10.3 Å². The Labute approximate surface area is 110 Å². The molecule has 2 heterocycles. The number of rotatable bonds is 4. The molecule has 0 radical (unpaired) electrons. The van der Waals surface area contributed by atoms with Crippen LogP contribution in [-0.2, 0) is 6.42 Å². The molecule has 4 nitrogen and oxygen atoms in total. The summed E-state index contributed by atoms with van der Waals surface area (Å²) < 4.78 is 5.03. The maximum absolute atomic E-state index is 11.7. The predicted octanol–water partition coefficient (Wildman–Crippen LogP) is 2.73. The first-order valence-corrected chi connectivity index (χ1v) is 6.21. The van der Waals surface area contributed by atoms with Gasteiger partial charge in [0.1, 0.15) is 0 Å². The maximum atomic E-state index is 11.7. The molecule has 0 aliphatic carbocycles. The topological polar surface area (TPSA) is 58.0 Å². The van der Waals surface area contributed by atoms with Crippen LogP contribution < -0.4 is 5.32 Å². The summed E-state index contributed by atoms with van der Waals surface area (Å²) in [6.45, 7) is 0.589. The number of amides is 1. The number of nitrogens with one attached hydrogen (secondary N) is 2. The second kappa shape index (κ2) is 5.02. The summed E-state index contributed by atoms with van der Waals surface area (Å²) in [4.78, 5) is 14.8. The Kier molecular flexibility index (Phi) is 3.06. The lowest BCUT2D eigenvalue weighted by Crippen LogP contribution is -2.25. The Morgan fingerprint density at radius 3 is 3.05 bits per heavy atom. The van der Waals surface area contributed by atoms with Crippen molar-refractivity contribution < 1.29 is 9.21 Å². The fourth-order valence-electron chi connectivity index (χ4n) is 2.07. The minimum atomic E-state index is -0.175. The van der Waals surface area contributed by atoms with E-state index in [0.29, 0.717) is 12.3 Å². The van der Waals surface area contributed by atoms with Gasteiger partial charge in [-0.25, -0.2) is 0 Å². The Bertz CT molecular complexity index is 683. The lowest BCUT2D eigenvalue weighted by Gasteiger charge is -2.04. The van der Waals surface area contributed by atoms with Gasteiger partial charge in [0, 0.05) is 18.3 Å². The number of aromatic amines is 1. The number of carbonyl (C=O) groups is 1. The van der Waals surface area contributed by atoms with Gasteiger partial charge in [-0.05, 0) is 41.6 Å². The van der Waals surface area contributed by atoms with E-state index < -0.39 is 0 Å². The molecular weight excluding hydrogens is 240 g/mol. The van der Waals surface area contributed by atoms with E-state index in [1.54, 1.807) is 12.1 Å². The fourth-order valence-corrected chi connectivity index (χ4v) is 2.07. The van der Waals surface area contributed by atoms with Crippen LogP contribution in [0, 0.1) is 0 Å². The highest BCUT2D eigenvalue weighted by molar-refractivity contribution is 5.91. The van der Waals surface area contributed by atoms with Crippen LogP contribution in [0.25, 0.3) is 10.9 Å². The summed E-state index contributed by atoms with van der Waals surface area (Å²) >= 11 is 0. The maximum Gasteiger partial charge on any atom is 0.286 e. The number of aromatic nitrogens is 1. The molecule has 3 aromatic rings. The third-order valence-electron chi connectivity index (χ3n) is 3.06. The normalized spacial score (nSPS) is 10.7. The lowest BCUT2D eigenvalue weighted by atomic mass is 10.1. The van der Waals surface area contributed by atoms with Crippen molar-refractivity contribution in [2.75, 3.05) is 6.54 Å². The van der Waals surface area contributed by atoms with Crippen LogP contribution in [-0.4, -0.2) is 17.4 Å². The summed E-state index contributed by atoms with van der Waals surface area (Å²) in [5, 5.41) is 4.03. The molecule has 4 heteroatoms. The predicted molar refractivity (Wildman–Crippen MR) is 73.0 cm³/mol. The van der Waals surface area contributed by atoms with Gasteiger partial charge in [0.05, 0.1) is 6.26 Å². The van der Waals surface area contributed by atoms with Crippen molar-refractivity contribution >= 4 is 16.8 Å². The van der Waals surface area contributed by atoms with E-state index in [9.17, 15) is 4.79 Å². The zero-order valence-corrected chi connectivity index (χ0v) is 10.3. The number of furan rings is 1. The molecule has 1 aromatic carbocycles. The summed E-state index contributed by atoms with van der Waals surface area (Å²) in [7, 11) is 0. The fraction of sp³-hybridized carbons (Fsp3) is 0.133. The summed E-state index contributed by atoms with van der Waals surface area (Å²) in [6.07, 6.45) is 4.21. The average molecular weight is 254 g/mol. The van der Waals surface area contributed by atoms with Gasteiger partial charge in [-0.1, -0.05) is 12.1 Å². The van der Waals surface area contributed by atoms with Crippen molar-refractivity contribution in [3.63, 3.8) is 0 Å². The number of hydrogen-bond acceptors (Lipinski definition) is 2. The molecule has 2 aromatic heterocycles. The van der Waals surface area contributed by atoms with Gasteiger partial charge in [0.15, 0.2) is 5.76 Å². The van der Waals surface area contributed by atoms with E-state index in [1.807, 2.05) is 12.3 Å². The monoisotopic (exact) mass is 254 g/mol. The van der Waals surface area contributed by atoms with Crippen LogP contribution in [0.1, 0.15) is 16.1 Å². The zero-order chi connectivity index (χ0) is 13.1. The highest BCUT2D eigenvalue weighted by Crippen LogP contribution is 2.14. The smallest absolute Gasteiger partial charge is 0.286 e. The van der Waals surface area contributed by atoms with E-state index in [2.05, 4.69) is 28.5 Å². The number of carbonyl (C=O) groups excluding carboxylic acids is 1. The van der Waals surface area contributed by atoms with Crippen molar-refractivity contribution in [2.45, 2.75) is 6.42 Å². The van der Waals surface area contributed by atoms with Crippen LogP contribution in [0.3, 0.4) is 0 Å². The standard InChI is InChI=1S/C15H14N2O2/c18-15(14-2-1-9-19-14)17-7-5-11-3-4-12-6-8-16-13(12)10-11/h1-4,6,8-10,16H,5,7H2,(H,17,18). The third-order valence-corrected chi connectivity index (χ3v) is 3.06. The second-order valence-corrected chi connectivity index (χ2v) is 4.38. The molecule has 0 aliphatic heterocycles. The molecule has 0 unspecified atom stereocenters. The van der Waals surface area contributed by atoms with Crippen LogP contribution in [0.2, 0.25) is 0 Å². The summed E-state index contributed by atoms with van der Waals surface area (Å²) in [5.41, 5.74) is 2.31. The van der Waals surface area contributed by atoms with Crippen molar-refractivity contribution in [1.29, 1.82) is 0 Å². The molecule has 3 rings (SSSR count). The lowest BCUT2D eigenvalue weighted by molar-refractivity contribution is 0.0926. The Balaban J connectivity index is 1.58. The molecule has 0 saturated heterocycles. The summed E-state index contributed by atoms with van der Waals surface area (Å²) in [6, 6.07) is 11.7. The largest absolute Gasteiger partial charge is 0.459 e. The number of fused-ring (bicyclic) bond motifs is 1. The van der Waals surface area contributed by atoms with Gasteiger partial charge in [-0.15, -0.1) is 0 Å². The third kappa shape index (κ3) is 2.52. The van der Waals surface area contributed by atoms with Gasteiger partial charge in [0.25, 0.3) is 5.91 Å². The van der Waals surface area contributed by atoms with Gasteiger partial charge in [0.2, 0.25) is 0 Å². The molecule has 1 amide bonds. The van der Waals surface area contributed by atoms with Crippen molar-refractivity contribution in [2.24, 2.45) is 0 Å². The second-order valence-electron chi connectivity index (χ2n) is 4.38. The molecule has 0 atom stereocenters. The SMILES string of the molecule is O=C(NCCc1ccc2cc[nH]c2c1)c1ccco1. The van der Waals surface area contributed by atoms with Gasteiger partial charge in [-0.2, -0.15) is 0 Å². The highest BCUT2D eigenvalue weighted by atomic mass is 16.3. The van der Waals surface area contributed by atoms with E-state index in [-0.39, 0.29) is 5.91 Å². The first kappa shape index (κ1) is 11.6. The van der Waals surface area contributed by atoms with E-state index in [1.165, 1.54) is 17.2 Å². The minimum absolute atomic E-state index is 0.175. The van der Waals surface area contributed by atoms with Crippen LogP contribution in [0.15, 0.2) is 53.3 Å². The van der Waals surface area contributed by atoms with Crippen molar-refractivity contribution in [3.8, 4) is 0 Å². The molecule has 0 spiro atoms. The number of benzene rings is 1. The molecule has 0 fully saturated rings. The molecule has 0 bridgehead atoms.